The molecule has 0 aliphatic rings. The molecule has 2 amide bonds. The third kappa shape index (κ3) is 4.41. The third-order valence-corrected chi connectivity index (χ3v) is 4.09. The fourth-order valence-corrected chi connectivity index (χ4v) is 2.47. The molecular weight excluding hydrogens is 360 g/mol. The molecule has 2 aromatic carbocycles. The van der Waals surface area contributed by atoms with Gasteiger partial charge in [-0.3, -0.25) is 10.1 Å². The number of carbonyl (C=O) groups is 1. The zero-order valence-corrected chi connectivity index (χ0v) is 13.5. The number of nitrogens with zero attached hydrogens (tertiary/aromatic N) is 1. The minimum Gasteiger partial charge on any atom is -0.308 e. The predicted octanol–water partition coefficient (Wildman–Crippen LogP) is 2.54. The number of non-ortho nitro benzene ring substituents is 1. The van der Waals surface area contributed by atoms with E-state index in [1.54, 1.807) is 0 Å². The van der Waals surface area contributed by atoms with Crippen molar-refractivity contribution in [2.75, 3.05) is 10.6 Å². The zero-order valence-electron chi connectivity index (χ0n) is 11.9. The van der Waals surface area contributed by atoms with E-state index >= 15 is 0 Å². The van der Waals surface area contributed by atoms with E-state index in [1.165, 1.54) is 36.4 Å². The summed E-state index contributed by atoms with van der Waals surface area (Å²) in [6.45, 7) is 0. The number of nitro groups is 1. The Morgan fingerprint density at radius 1 is 1.12 bits per heavy atom. The van der Waals surface area contributed by atoms with Gasteiger partial charge in [-0.2, -0.15) is 0 Å². The molecular formula is C13H11ClN4O5S. The van der Waals surface area contributed by atoms with E-state index in [0.29, 0.717) is 5.69 Å². The van der Waals surface area contributed by atoms with Crippen LogP contribution in [0, 0.1) is 10.1 Å². The molecule has 0 saturated heterocycles. The number of carbonyl (C=O) groups excluding carboxylic acids is 1. The molecule has 11 heteroatoms. The summed E-state index contributed by atoms with van der Waals surface area (Å²) >= 11 is 5.86. The van der Waals surface area contributed by atoms with Crippen molar-refractivity contribution in [1.29, 1.82) is 0 Å². The molecule has 0 fully saturated rings. The van der Waals surface area contributed by atoms with Gasteiger partial charge in [0.15, 0.2) is 0 Å². The molecule has 126 valence electrons. The maximum absolute atomic E-state index is 11.9. The number of halogens is 1. The number of hydrogen-bond acceptors (Lipinski definition) is 5. The normalized spacial score (nSPS) is 10.9. The first-order valence-electron chi connectivity index (χ1n) is 6.31. The maximum Gasteiger partial charge on any atom is 0.323 e. The Morgan fingerprint density at radius 2 is 1.75 bits per heavy atom. The van der Waals surface area contributed by atoms with Gasteiger partial charge in [0.25, 0.3) is 5.69 Å². The molecule has 2 aromatic rings. The Labute approximate surface area is 141 Å². The predicted molar refractivity (Wildman–Crippen MR) is 88.6 cm³/mol. The minimum absolute atomic E-state index is 0.00363. The van der Waals surface area contributed by atoms with E-state index in [2.05, 4.69) is 10.6 Å². The zero-order chi connectivity index (χ0) is 17.9. The smallest absolute Gasteiger partial charge is 0.308 e. The van der Waals surface area contributed by atoms with Crippen LogP contribution in [0.3, 0.4) is 0 Å². The van der Waals surface area contributed by atoms with E-state index in [0.717, 1.165) is 6.07 Å². The highest BCUT2D eigenvalue weighted by Crippen LogP contribution is 2.26. The van der Waals surface area contributed by atoms with E-state index < -0.39 is 21.0 Å². The van der Waals surface area contributed by atoms with Crippen molar-refractivity contribution in [1.82, 2.24) is 0 Å². The second-order valence-electron chi connectivity index (χ2n) is 4.57. The number of hydrogen-bond donors (Lipinski definition) is 3. The standard InChI is InChI=1S/C13H11ClN4O5S/c14-11-7-9(18(20)21)3-6-12(11)17-13(19)16-8-1-4-10(5-2-8)24(15,22)23/h1-7H,(H2,15,22,23)(H2,16,17,19). The minimum atomic E-state index is -3.81. The molecule has 0 radical (unpaired) electrons. The van der Waals surface area contributed by atoms with Crippen molar-refractivity contribution in [2.24, 2.45) is 5.14 Å². The Kier molecular flexibility index (Phi) is 5.02. The van der Waals surface area contributed by atoms with Crippen molar-refractivity contribution >= 4 is 44.7 Å². The quantitative estimate of drug-likeness (QED) is 0.559. The molecule has 0 unspecified atom stereocenters. The highest BCUT2D eigenvalue weighted by molar-refractivity contribution is 7.89. The lowest BCUT2D eigenvalue weighted by molar-refractivity contribution is -0.384. The molecule has 9 nitrogen and oxygen atoms in total. The molecule has 2 rings (SSSR count). The molecule has 0 spiro atoms. The first kappa shape index (κ1) is 17.7. The van der Waals surface area contributed by atoms with Crippen LogP contribution >= 0.6 is 11.6 Å². The van der Waals surface area contributed by atoms with Crippen LogP contribution in [0.5, 0.6) is 0 Å². The summed E-state index contributed by atoms with van der Waals surface area (Å²) in [7, 11) is -3.81. The molecule has 4 N–H and O–H groups in total. The van der Waals surface area contributed by atoms with Gasteiger partial charge in [0.2, 0.25) is 10.0 Å². The maximum atomic E-state index is 11.9. The summed E-state index contributed by atoms with van der Waals surface area (Å²) < 4.78 is 22.3. The summed E-state index contributed by atoms with van der Waals surface area (Å²) in [5, 5.41) is 20.5. The van der Waals surface area contributed by atoms with E-state index in [-0.39, 0.29) is 21.3 Å². The van der Waals surface area contributed by atoms with Gasteiger partial charge in [-0.15, -0.1) is 0 Å². The summed E-state index contributed by atoms with van der Waals surface area (Å²) in [6.07, 6.45) is 0. The summed E-state index contributed by atoms with van der Waals surface area (Å²) in [5.74, 6) is 0. The second kappa shape index (κ2) is 6.83. The van der Waals surface area contributed by atoms with Crippen LogP contribution in [0.1, 0.15) is 0 Å². The van der Waals surface area contributed by atoms with Crippen LogP contribution in [0.15, 0.2) is 47.4 Å². The number of rotatable bonds is 4. The van der Waals surface area contributed by atoms with Gasteiger partial charge in [-0.25, -0.2) is 18.4 Å². The molecule has 0 aliphatic carbocycles. The van der Waals surface area contributed by atoms with Gasteiger partial charge in [-0.05, 0) is 30.3 Å². The third-order valence-electron chi connectivity index (χ3n) is 2.85. The number of sulfonamides is 1. The summed E-state index contributed by atoms with van der Waals surface area (Å²) in [6, 6.07) is 8.14. The fourth-order valence-electron chi connectivity index (χ4n) is 1.73. The first-order valence-corrected chi connectivity index (χ1v) is 8.24. The van der Waals surface area contributed by atoms with Crippen molar-refractivity contribution in [3.63, 3.8) is 0 Å². The largest absolute Gasteiger partial charge is 0.323 e. The van der Waals surface area contributed by atoms with Crippen molar-refractivity contribution in [2.45, 2.75) is 4.90 Å². The second-order valence-corrected chi connectivity index (χ2v) is 6.54. The number of urea groups is 1. The van der Waals surface area contributed by atoms with Crippen LogP contribution in [0.2, 0.25) is 5.02 Å². The van der Waals surface area contributed by atoms with Gasteiger partial charge < -0.3 is 10.6 Å². The Hall–Kier alpha value is -2.69. The van der Waals surface area contributed by atoms with Crippen molar-refractivity contribution in [3.8, 4) is 0 Å². The van der Waals surface area contributed by atoms with Crippen LogP contribution < -0.4 is 15.8 Å². The van der Waals surface area contributed by atoms with Crippen LogP contribution in [-0.4, -0.2) is 19.4 Å². The number of primary sulfonamides is 1. The first-order chi connectivity index (χ1) is 11.2. The van der Waals surface area contributed by atoms with Crippen LogP contribution in [0.4, 0.5) is 21.9 Å². The summed E-state index contributed by atoms with van der Waals surface area (Å²) in [4.78, 5) is 21.8. The molecule has 0 saturated carbocycles. The van der Waals surface area contributed by atoms with E-state index in [1.807, 2.05) is 0 Å². The van der Waals surface area contributed by atoms with Gasteiger partial charge in [0, 0.05) is 17.8 Å². The lowest BCUT2D eigenvalue weighted by Crippen LogP contribution is -2.19. The highest BCUT2D eigenvalue weighted by Gasteiger charge is 2.12. The number of amides is 2. The van der Waals surface area contributed by atoms with Crippen molar-refractivity contribution in [3.05, 3.63) is 57.6 Å². The number of benzene rings is 2. The number of nitro benzene ring substituents is 1. The molecule has 24 heavy (non-hydrogen) atoms. The van der Waals surface area contributed by atoms with E-state index in [9.17, 15) is 23.3 Å². The SMILES string of the molecule is NS(=O)(=O)c1ccc(NC(=O)Nc2ccc([N+](=O)[O-])cc2Cl)cc1. The molecule has 0 atom stereocenters. The average molecular weight is 371 g/mol. The summed E-state index contributed by atoms with van der Waals surface area (Å²) in [5.41, 5.74) is 0.295. The van der Waals surface area contributed by atoms with Gasteiger partial charge in [-0.1, -0.05) is 11.6 Å². The Morgan fingerprint density at radius 3 is 2.25 bits per heavy atom. The van der Waals surface area contributed by atoms with Gasteiger partial charge >= 0.3 is 6.03 Å². The fraction of sp³-hybridized carbons (Fsp3) is 0. The monoisotopic (exact) mass is 370 g/mol. The molecule has 0 aliphatic heterocycles. The molecule has 0 bridgehead atoms. The van der Waals surface area contributed by atoms with Crippen LogP contribution in [0.25, 0.3) is 0 Å². The lowest BCUT2D eigenvalue weighted by Gasteiger charge is -2.09. The van der Waals surface area contributed by atoms with E-state index in [4.69, 9.17) is 16.7 Å². The number of anilines is 2. The molecule has 0 aromatic heterocycles. The van der Waals surface area contributed by atoms with Gasteiger partial charge in [0.1, 0.15) is 0 Å². The number of nitrogens with two attached hydrogens (primary N) is 1. The Balaban J connectivity index is 2.07. The Bertz CT molecular complexity index is 899. The molecule has 0 heterocycles. The number of nitrogens with one attached hydrogen (secondary N) is 2. The topological polar surface area (TPSA) is 144 Å². The average Bonchev–Trinajstić information content (AvgIpc) is 2.48. The highest BCUT2D eigenvalue weighted by atomic mass is 35.5. The lowest BCUT2D eigenvalue weighted by atomic mass is 10.3. The van der Waals surface area contributed by atoms with Gasteiger partial charge in [0.05, 0.1) is 20.5 Å². The van der Waals surface area contributed by atoms with Crippen LogP contribution in [-0.2, 0) is 10.0 Å². The van der Waals surface area contributed by atoms with Crippen molar-refractivity contribution < 1.29 is 18.1 Å².